The normalized spacial score (nSPS) is 20.3. The van der Waals surface area contributed by atoms with Gasteiger partial charge in [0.25, 0.3) is 0 Å². The summed E-state index contributed by atoms with van der Waals surface area (Å²) in [5.74, 6) is 0. The van der Waals surface area contributed by atoms with Crippen LogP contribution in [-0.2, 0) is 0 Å². The molecule has 0 amide bonds. The maximum atomic E-state index is 3.33. The second kappa shape index (κ2) is 7.85. The van der Waals surface area contributed by atoms with Gasteiger partial charge in [0.1, 0.15) is 0 Å². The summed E-state index contributed by atoms with van der Waals surface area (Å²) in [7, 11) is 0. The quantitative estimate of drug-likeness (QED) is 0.484. The molecule has 1 aliphatic carbocycles. The molecule has 0 atom stereocenters. The molecule has 0 spiro atoms. The lowest BCUT2D eigenvalue weighted by Gasteiger charge is -1.91. The summed E-state index contributed by atoms with van der Waals surface area (Å²) in [5, 5.41) is 0. The zero-order valence-corrected chi connectivity index (χ0v) is 8.34. The lowest BCUT2D eigenvalue weighted by atomic mass is 10.1. The van der Waals surface area contributed by atoms with Gasteiger partial charge in [0, 0.05) is 0 Å². The predicted molar refractivity (Wildman–Crippen MR) is 58.4 cm³/mol. The highest BCUT2D eigenvalue weighted by atomic mass is 13.9. The molecule has 0 saturated carbocycles. The Kier molecular flexibility index (Phi) is 6.22. The summed E-state index contributed by atoms with van der Waals surface area (Å²) in [5.41, 5.74) is 0. The molecule has 0 aromatic carbocycles. The maximum Gasteiger partial charge on any atom is -0.0169 e. The zero-order valence-electron chi connectivity index (χ0n) is 8.34. The molecule has 0 aromatic rings. The van der Waals surface area contributed by atoms with Crippen LogP contribution in [0.1, 0.15) is 44.9 Å². The van der Waals surface area contributed by atoms with Crippen LogP contribution in [0, 0.1) is 6.08 Å². The van der Waals surface area contributed by atoms with Gasteiger partial charge in [0.05, 0.1) is 0 Å². The summed E-state index contributed by atoms with van der Waals surface area (Å²) in [6.45, 7) is 0. The van der Waals surface area contributed by atoms with Gasteiger partial charge in [-0.2, -0.15) is 0 Å². The largest absolute Gasteiger partial charge is 0.0882 e. The Morgan fingerprint density at radius 1 is 0.769 bits per heavy atom. The van der Waals surface area contributed by atoms with Gasteiger partial charge in [-0.3, -0.25) is 0 Å². The van der Waals surface area contributed by atoms with E-state index in [1.807, 2.05) is 0 Å². The minimum Gasteiger partial charge on any atom is -0.0882 e. The van der Waals surface area contributed by atoms with E-state index >= 15 is 0 Å². The van der Waals surface area contributed by atoms with Gasteiger partial charge < -0.3 is 0 Å². The fourth-order valence-corrected chi connectivity index (χ4v) is 1.39. The Morgan fingerprint density at radius 2 is 1.54 bits per heavy atom. The van der Waals surface area contributed by atoms with Crippen molar-refractivity contribution in [3.05, 3.63) is 36.5 Å². The van der Waals surface area contributed by atoms with E-state index in [0.29, 0.717) is 0 Å². The number of hydrogen-bond acceptors (Lipinski definition) is 0. The summed E-state index contributed by atoms with van der Waals surface area (Å²) < 4.78 is 0. The molecule has 0 fully saturated rings. The lowest BCUT2D eigenvalue weighted by molar-refractivity contribution is 0.758. The van der Waals surface area contributed by atoms with Crippen molar-refractivity contribution in [2.24, 2.45) is 0 Å². The van der Waals surface area contributed by atoms with Crippen LogP contribution in [0.15, 0.2) is 30.4 Å². The summed E-state index contributed by atoms with van der Waals surface area (Å²) in [6, 6.07) is 0. The third-order valence-corrected chi connectivity index (χ3v) is 2.17. The van der Waals surface area contributed by atoms with Crippen molar-refractivity contribution in [3.8, 4) is 0 Å². The van der Waals surface area contributed by atoms with Crippen molar-refractivity contribution in [1.29, 1.82) is 0 Å². The van der Waals surface area contributed by atoms with Gasteiger partial charge in [-0.1, -0.05) is 30.4 Å². The van der Waals surface area contributed by atoms with Crippen LogP contribution in [-0.4, -0.2) is 0 Å². The van der Waals surface area contributed by atoms with Gasteiger partial charge in [-0.15, -0.1) is 0 Å². The van der Waals surface area contributed by atoms with Crippen molar-refractivity contribution in [3.63, 3.8) is 0 Å². The molecule has 0 heteroatoms. The lowest BCUT2D eigenvalue weighted by Crippen LogP contribution is -1.72. The van der Waals surface area contributed by atoms with Crippen LogP contribution in [0.25, 0.3) is 0 Å². The van der Waals surface area contributed by atoms with Crippen LogP contribution < -0.4 is 0 Å². The predicted octanol–water partition coefficient (Wildman–Crippen LogP) is 4.20. The SMILES string of the molecule is [C]1=CCCCCC=CCC=CCC1. The maximum absolute atomic E-state index is 3.33. The Hall–Kier alpha value is -0.780. The molecule has 0 N–H and O–H groups in total. The minimum atomic E-state index is 1.08. The van der Waals surface area contributed by atoms with Crippen molar-refractivity contribution < 1.29 is 0 Å². The first-order valence-electron chi connectivity index (χ1n) is 5.35. The standard InChI is InChI=1S/C13H19/c1-2-4-6-8-10-12-13-11-9-7-5-3-1/h1-2,5,7,12H,3-4,6,8-11H2. The molecule has 1 radical (unpaired) electrons. The van der Waals surface area contributed by atoms with Crippen LogP contribution in [0.3, 0.4) is 0 Å². The monoisotopic (exact) mass is 175 g/mol. The Bertz CT molecular complexity index is 184. The fraction of sp³-hybridized carbons (Fsp3) is 0.538. The summed E-state index contributed by atoms with van der Waals surface area (Å²) >= 11 is 0. The average Bonchev–Trinajstić information content (AvgIpc) is 2.18. The van der Waals surface area contributed by atoms with E-state index in [-0.39, 0.29) is 0 Å². The average molecular weight is 175 g/mol. The summed E-state index contributed by atoms with van der Waals surface area (Å²) in [4.78, 5) is 0. The molecule has 0 heterocycles. The highest BCUT2D eigenvalue weighted by Crippen LogP contribution is 2.04. The molecule has 0 saturated heterocycles. The minimum absolute atomic E-state index is 1.08. The van der Waals surface area contributed by atoms with Gasteiger partial charge in [-0.25, -0.2) is 0 Å². The van der Waals surface area contributed by atoms with Gasteiger partial charge >= 0.3 is 0 Å². The molecular formula is C13H19. The molecule has 0 aliphatic heterocycles. The van der Waals surface area contributed by atoms with E-state index < -0.39 is 0 Å². The molecule has 0 nitrogen and oxygen atoms in total. The van der Waals surface area contributed by atoms with Crippen molar-refractivity contribution >= 4 is 0 Å². The van der Waals surface area contributed by atoms with E-state index in [1.54, 1.807) is 0 Å². The Labute approximate surface area is 82.0 Å². The Morgan fingerprint density at radius 3 is 2.46 bits per heavy atom. The van der Waals surface area contributed by atoms with Gasteiger partial charge in [0.15, 0.2) is 0 Å². The molecule has 0 aromatic heterocycles. The first-order chi connectivity index (χ1) is 6.50. The number of hydrogen-bond donors (Lipinski definition) is 0. The van der Waals surface area contributed by atoms with Gasteiger partial charge in [-0.05, 0) is 51.0 Å². The molecule has 1 aliphatic rings. The van der Waals surface area contributed by atoms with Crippen LogP contribution in [0.4, 0.5) is 0 Å². The third-order valence-electron chi connectivity index (χ3n) is 2.17. The van der Waals surface area contributed by atoms with E-state index in [4.69, 9.17) is 0 Å². The van der Waals surface area contributed by atoms with E-state index in [0.717, 1.165) is 19.3 Å². The van der Waals surface area contributed by atoms with E-state index in [2.05, 4.69) is 36.5 Å². The van der Waals surface area contributed by atoms with Crippen molar-refractivity contribution in [1.82, 2.24) is 0 Å². The van der Waals surface area contributed by atoms with Crippen LogP contribution >= 0.6 is 0 Å². The molecule has 0 unspecified atom stereocenters. The Balaban J connectivity index is 2.28. The number of rotatable bonds is 0. The summed E-state index contributed by atoms with van der Waals surface area (Å²) in [6.07, 6.45) is 23.0. The first kappa shape index (κ1) is 10.3. The van der Waals surface area contributed by atoms with Crippen molar-refractivity contribution in [2.75, 3.05) is 0 Å². The van der Waals surface area contributed by atoms with E-state index in [1.165, 1.54) is 25.7 Å². The van der Waals surface area contributed by atoms with Gasteiger partial charge in [0.2, 0.25) is 0 Å². The first-order valence-corrected chi connectivity index (χ1v) is 5.35. The number of allylic oxidation sites excluding steroid dienone is 6. The smallest absolute Gasteiger partial charge is 0.0169 e. The molecule has 71 valence electrons. The molecular weight excluding hydrogens is 156 g/mol. The molecule has 13 heavy (non-hydrogen) atoms. The van der Waals surface area contributed by atoms with Crippen molar-refractivity contribution in [2.45, 2.75) is 44.9 Å². The second-order valence-electron chi connectivity index (χ2n) is 3.41. The molecule has 1 rings (SSSR count). The molecule has 0 bridgehead atoms. The van der Waals surface area contributed by atoms with E-state index in [9.17, 15) is 0 Å². The zero-order chi connectivity index (χ0) is 9.19. The highest BCUT2D eigenvalue weighted by molar-refractivity contribution is 4.93. The topological polar surface area (TPSA) is 0 Å². The second-order valence-corrected chi connectivity index (χ2v) is 3.41. The highest BCUT2D eigenvalue weighted by Gasteiger charge is 1.85. The van der Waals surface area contributed by atoms with Crippen LogP contribution in [0.2, 0.25) is 0 Å². The third kappa shape index (κ3) is 6.39. The fourth-order valence-electron chi connectivity index (χ4n) is 1.39. The van der Waals surface area contributed by atoms with Crippen LogP contribution in [0.5, 0.6) is 0 Å².